The first-order valence-corrected chi connectivity index (χ1v) is 6.95. The highest BCUT2D eigenvalue weighted by molar-refractivity contribution is 9.10. The van der Waals surface area contributed by atoms with Crippen LogP contribution in [0.1, 0.15) is 25.5 Å². The lowest BCUT2D eigenvalue weighted by molar-refractivity contribution is 0.276. The molecule has 2 heterocycles. The summed E-state index contributed by atoms with van der Waals surface area (Å²) < 4.78 is 3.12. The summed E-state index contributed by atoms with van der Waals surface area (Å²) in [6.07, 6.45) is 5.75. The predicted molar refractivity (Wildman–Crippen MR) is 75.5 cm³/mol. The van der Waals surface area contributed by atoms with Gasteiger partial charge in [0.1, 0.15) is 5.65 Å². The molecule has 2 N–H and O–H groups in total. The molecule has 1 atom stereocenters. The monoisotopic (exact) mass is 311 g/mol. The smallest absolute Gasteiger partial charge is 0.136 e. The van der Waals surface area contributed by atoms with E-state index in [4.69, 9.17) is 5.11 Å². The van der Waals surface area contributed by atoms with Gasteiger partial charge < -0.3 is 14.8 Å². The maximum Gasteiger partial charge on any atom is 0.136 e. The maximum atomic E-state index is 8.79. The molecule has 0 saturated carbocycles. The molecule has 0 amide bonds. The molecule has 98 valence electrons. The van der Waals surface area contributed by atoms with Crippen molar-refractivity contribution >= 4 is 21.6 Å². The molecule has 4 nitrogen and oxygen atoms in total. The molecule has 0 aliphatic heterocycles. The minimum absolute atomic E-state index is 0.259. The Labute approximate surface area is 115 Å². The number of aliphatic hydroxyl groups is 1. The molecule has 0 aliphatic rings. The van der Waals surface area contributed by atoms with Crippen molar-refractivity contribution in [2.24, 2.45) is 0 Å². The summed E-state index contributed by atoms with van der Waals surface area (Å²) in [4.78, 5) is 4.36. The molecule has 0 radical (unpaired) electrons. The Morgan fingerprint density at radius 3 is 3.11 bits per heavy atom. The van der Waals surface area contributed by atoms with E-state index < -0.39 is 0 Å². The minimum atomic E-state index is 0.259. The molecular formula is C13H18BrN3O. The van der Waals surface area contributed by atoms with Crippen molar-refractivity contribution in [3.05, 3.63) is 34.7 Å². The standard InChI is InChI=1S/C13H18BrN3O/c1-10(3-2-6-18)15-7-12-8-16-13-5-4-11(14)9-17(12)13/h4-5,8-10,15,18H,2-3,6-7H2,1H3. The summed E-state index contributed by atoms with van der Waals surface area (Å²) in [6, 6.07) is 4.38. The lowest BCUT2D eigenvalue weighted by Gasteiger charge is -2.12. The average Bonchev–Trinajstić information content (AvgIpc) is 2.76. The number of hydrogen-bond acceptors (Lipinski definition) is 3. The molecule has 2 aromatic heterocycles. The second-order valence-electron chi connectivity index (χ2n) is 4.47. The molecule has 0 aromatic carbocycles. The molecule has 0 fully saturated rings. The largest absolute Gasteiger partial charge is 0.396 e. The molecule has 0 spiro atoms. The van der Waals surface area contributed by atoms with E-state index in [1.165, 1.54) is 0 Å². The van der Waals surface area contributed by atoms with Crippen molar-refractivity contribution in [3.63, 3.8) is 0 Å². The molecular weight excluding hydrogens is 294 g/mol. The fourth-order valence-electron chi connectivity index (χ4n) is 1.91. The van der Waals surface area contributed by atoms with Gasteiger partial charge >= 0.3 is 0 Å². The zero-order chi connectivity index (χ0) is 13.0. The predicted octanol–water partition coefficient (Wildman–Crippen LogP) is 2.35. The van der Waals surface area contributed by atoms with Gasteiger partial charge in [-0.05, 0) is 47.8 Å². The first-order chi connectivity index (χ1) is 8.70. The highest BCUT2D eigenvalue weighted by Crippen LogP contribution is 2.13. The normalized spacial score (nSPS) is 13.1. The number of aliphatic hydroxyl groups excluding tert-OH is 1. The first kappa shape index (κ1) is 13.5. The summed E-state index contributed by atoms with van der Waals surface area (Å²) in [5, 5.41) is 12.2. The molecule has 2 rings (SSSR count). The second kappa shape index (κ2) is 6.31. The Balaban J connectivity index is 2.01. The highest BCUT2D eigenvalue weighted by Gasteiger charge is 2.05. The number of nitrogens with one attached hydrogen (secondary N) is 1. The van der Waals surface area contributed by atoms with Gasteiger partial charge in [-0.25, -0.2) is 4.98 Å². The van der Waals surface area contributed by atoms with Crippen LogP contribution in [0.4, 0.5) is 0 Å². The number of nitrogens with zero attached hydrogens (tertiary/aromatic N) is 2. The van der Waals surface area contributed by atoms with Crippen LogP contribution < -0.4 is 5.32 Å². The summed E-state index contributed by atoms with van der Waals surface area (Å²) in [7, 11) is 0. The van der Waals surface area contributed by atoms with Crippen LogP contribution in [0.25, 0.3) is 5.65 Å². The van der Waals surface area contributed by atoms with Crippen LogP contribution in [0.15, 0.2) is 29.0 Å². The molecule has 0 bridgehead atoms. The number of aromatic nitrogens is 2. The Hall–Kier alpha value is -0.910. The van der Waals surface area contributed by atoms with Crippen molar-refractivity contribution in [1.29, 1.82) is 0 Å². The van der Waals surface area contributed by atoms with Crippen LogP contribution in [0.3, 0.4) is 0 Å². The van der Waals surface area contributed by atoms with Crippen LogP contribution in [0.2, 0.25) is 0 Å². The van der Waals surface area contributed by atoms with Crippen LogP contribution in [0.5, 0.6) is 0 Å². The molecule has 5 heteroatoms. The Bertz CT molecular complexity index is 512. The first-order valence-electron chi connectivity index (χ1n) is 6.16. The highest BCUT2D eigenvalue weighted by atomic mass is 79.9. The number of rotatable bonds is 6. The van der Waals surface area contributed by atoms with E-state index in [0.717, 1.165) is 35.2 Å². The van der Waals surface area contributed by atoms with E-state index in [1.807, 2.05) is 24.5 Å². The summed E-state index contributed by atoms with van der Waals surface area (Å²) in [5.74, 6) is 0. The fraction of sp³-hybridized carbons (Fsp3) is 0.462. The third-order valence-electron chi connectivity index (χ3n) is 2.97. The summed E-state index contributed by atoms with van der Waals surface area (Å²) >= 11 is 3.47. The molecule has 0 aliphatic carbocycles. The van der Waals surface area contributed by atoms with Crippen molar-refractivity contribution in [3.8, 4) is 0 Å². The van der Waals surface area contributed by atoms with Gasteiger partial charge in [0.2, 0.25) is 0 Å². The minimum Gasteiger partial charge on any atom is -0.396 e. The Kier molecular flexibility index (Phi) is 4.74. The third-order valence-corrected chi connectivity index (χ3v) is 3.44. The zero-order valence-corrected chi connectivity index (χ0v) is 12.0. The van der Waals surface area contributed by atoms with E-state index in [-0.39, 0.29) is 6.61 Å². The number of fused-ring (bicyclic) bond motifs is 1. The van der Waals surface area contributed by atoms with E-state index >= 15 is 0 Å². The van der Waals surface area contributed by atoms with Gasteiger partial charge in [0.15, 0.2) is 0 Å². The van der Waals surface area contributed by atoms with Crippen LogP contribution in [-0.2, 0) is 6.54 Å². The number of hydrogen-bond donors (Lipinski definition) is 2. The van der Waals surface area contributed by atoms with Crippen LogP contribution >= 0.6 is 15.9 Å². The van der Waals surface area contributed by atoms with Gasteiger partial charge in [-0.1, -0.05) is 0 Å². The third kappa shape index (κ3) is 3.31. The summed E-state index contributed by atoms with van der Waals surface area (Å²) in [6.45, 7) is 3.17. The molecule has 1 unspecified atom stereocenters. The Morgan fingerprint density at radius 1 is 1.50 bits per heavy atom. The lowest BCUT2D eigenvalue weighted by Crippen LogP contribution is -2.26. The van der Waals surface area contributed by atoms with Gasteiger partial charge in [0.05, 0.1) is 11.9 Å². The second-order valence-corrected chi connectivity index (χ2v) is 5.39. The maximum absolute atomic E-state index is 8.79. The van der Waals surface area contributed by atoms with Crippen molar-refractivity contribution in [2.75, 3.05) is 6.61 Å². The quantitative estimate of drug-likeness (QED) is 0.861. The van der Waals surface area contributed by atoms with Gasteiger partial charge in [-0.3, -0.25) is 0 Å². The van der Waals surface area contributed by atoms with Crippen molar-refractivity contribution in [1.82, 2.24) is 14.7 Å². The van der Waals surface area contributed by atoms with E-state index in [1.54, 1.807) is 0 Å². The number of halogens is 1. The average molecular weight is 312 g/mol. The number of pyridine rings is 1. The molecule has 0 saturated heterocycles. The van der Waals surface area contributed by atoms with Crippen molar-refractivity contribution < 1.29 is 5.11 Å². The van der Waals surface area contributed by atoms with E-state index in [9.17, 15) is 0 Å². The topological polar surface area (TPSA) is 49.6 Å². The lowest BCUT2D eigenvalue weighted by atomic mass is 10.2. The van der Waals surface area contributed by atoms with Crippen LogP contribution in [-0.4, -0.2) is 27.1 Å². The van der Waals surface area contributed by atoms with E-state index in [0.29, 0.717) is 6.04 Å². The van der Waals surface area contributed by atoms with Crippen molar-refractivity contribution in [2.45, 2.75) is 32.4 Å². The Morgan fingerprint density at radius 2 is 2.33 bits per heavy atom. The van der Waals surface area contributed by atoms with Gasteiger partial charge in [0.25, 0.3) is 0 Å². The van der Waals surface area contributed by atoms with Gasteiger partial charge in [-0.15, -0.1) is 0 Å². The van der Waals surface area contributed by atoms with Gasteiger partial charge in [0, 0.05) is 29.9 Å². The summed E-state index contributed by atoms with van der Waals surface area (Å²) in [5.41, 5.74) is 2.10. The number of imidazole rings is 1. The molecule has 2 aromatic rings. The van der Waals surface area contributed by atoms with Crippen LogP contribution in [0, 0.1) is 0 Å². The van der Waals surface area contributed by atoms with E-state index in [2.05, 4.69) is 37.6 Å². The SMILES string of the molecule is CC(CCCO)NCc1cnc2ccc(Br)cn12. The molecule has 18 heavy (non-hydrogen) atoms. The van der Waals surface area contributed by atoms with Gasteiger partial charge in [-0.2, -0.15) is 0 Å². The zero-order valence-electron chi connectivity index (χ0n) is 10.4. The fourth-order valence-corrected chi connectivity index (χ4v) is 2.25.